The molecular weight excluding hydrogens is 254 g/mol. The molecule has 0 amide bonds. The van der Waals surface area contributed by atoms with Crippen molar-refractivity contribution in [2.75, 3.05) is 0 Å². The van der Waals surface area contributed by atoms with Crippen LogP contribution < -0.4 is 5.73 Å². The van der Waals surface area contributed by atoms with Gasteiger partial charge in [-0.25, -0.2) is 4.98 Å². The highest BCUT2D eigenvalue weighted by molar-refractivity contribution is 7.13. The smallest absolute Gasteiger partial charge is 0.137 e. The first-order valence-electron chi connectivity index (χ1n) is 6.17. The molecule has 0 atom stereocenters. The third-order valence-electron chi connectivity index (χ3n) is 3.12. The summed E-state index contributed by atoms with van der Waals surface area (Å²) in [6.07, 6.45) is 1.89. The molecule has 0 bridgehead atoms. The third kappa shape index (κ3) is 2.32. The van der Waals surface area contributed by atoms with Crippen LogP contribution in [0.2, 0.25) is 0 Å². The Balaban J connectivity index is 1.99. The molecule has 19 heavy (non-hydrogen) atoms. The summed E-state index contributed by atoms with van der Waals surface area (Å²) in [6.45, 7) is 2.66. The van der Waals surface area contributed by atoms with Gasteiger partial charge in [0.05, 0.1) is 16.8 Å². The zero-order chi connectivity index (χ0) is 13.2. The minimum Gasteiger partial charge on any atom is -0.337 e. The summed E-state index contributed by atoms with van der Waals surface area (Å²) in [4.78, 5) is 9.10. The van der Waals surface area contributed by atoms with Crippen molar-refractivity contribution >= 4 is 11.3 Å². The number of rotatable bonds is 3. The first kappa shape index (κ1) is 12.1. The maximum atomic E-state index is 5.67. The minimum atomic E-state index is 0.547. The minimum absolute atomic E-state index is 0.547. The number of hydrogen-bond acceptors (Lipinski definition) is 3. The van der Waals surface area contributed by atoms with E-state index >= 15 is 0 Å². The monoisotopic (exact) mass is 269 g/mol. The molecular formula is C15H15N3S. The van der Waals surface area contributed by atoms with E-state index in [-0.39, 0.29) is 0 Å². The Morgan fingerprint density at radius 2 is 2.21 bits per heavy atom. The molecule has 0 unspecified atom stereocenters. The zero-order valence-corrected chi connectivity index (χ0v) is 11.5. The van der Waals surface area contributed by atoms with Crippen LogP contribution in [0.3, 0.4) is 0 Å². The summed E-state index contributed by atoms with van der Waals surface area (Å²) in [5.74, 6) is 0.887. The van der Waals surface area contributed by atoms with Gasteiger partial charge in [-0.05, 0) is 35.6 Å². The van der Waals surface area contributed by atoms with Gasteiger partial charge in [0.15, 0.2) is 0 Å². The molecule has 0 saturated carbocycles. The molecule has 0 radical (unpaired) electrons. The molecule has 2 heterocycles. The van der Waals surface area contributed by atoms with E-state index in [9.17, 15) is 0 Å². The molecule has 2 aromatic heterocycles. The Morgan fingerprint density at radius 1 is 1.32 bits per heavy atom. The quantitative estimate of drug-likeness (QED) is 0.763. The molecule has 1 aromatic carbocycles. The second-order valence-electron chi connectivity index (χ2n) is 4.48. The van der Waals surface area contributed by atoms with E-state index in [1.807, 2.05) is 24.4 Å². The van der Waals surface area contributed by atoms with E-state index in [4.69, 9.17) is 5.73 Å². The van der Waals surface area contributed by atoms with Crippen molar-refractivity contribution in [3.05, 3.63) is 53.0 Å². The Kier molecular flexibility index (Phi) is 3.19. The van der Waals surface area contributed by atoms with Gasteiger partial charge < -0.3 is 10.7 Å². The average Bonchev–Trinajstić information content (AvgIpc) is 3.07. The predicted octanol–water partition coefficient (Wildman–Crippen LogP) is 3.57. The van der Waals surface area contributed by atoms with E-state index < -0.39 is 0 Å². The van der Waals surface area contributed by atoms with E-state index in [1.165, 1.54) is 10.4 Å². The Bertz CT molecular complexity index is 697. The summed E-state index contributed by atoms with van der Waals surface area (Å²) >= 11 is 1.73. The highest BCUT2D eigenvalue weighted by Crippen LogP contribution is 2.29. The number of nitrogens with one attached hydrogen (secondary N) is 1. The summed E-state index contributed by atoms with van der Waals surface area (Å²) in [7, 11) is 0. The van der Waals surface area contributed by atoms with Crippen molar-refractivity contribution in [1.82, 2.24) is 9.97 Å². The van der Waals surface area contributed by atoms with E-state index in [0.717, 1.165) is 22.6 Å². The molecule has 0 aliphatic rings. The van der Waals surface area contributed by atoms with Crippen LogP contribution in [-0.2, 0) is 6.54 Å². The van der Waals surface area contributed by atoms with Crippen molar-refractivity contribution < 1.29 is 0 Å². The summed E-state index contributed by atoms with van der Waals surface area (Å²) in [5, 5.41) is 2.10. The van der Waals surface area contributed by atoms with Crippen molar-refractivity contribution in [2.45, 2.75) is 13.5 Å². The average molecular weight is 269 g/mol. The maximum absolute atomic E-state index is 5.67. The molecule has 0 aliphatic carbocycles. The first-order valence-corrected chi connectivity index (χ1v) is 7.05. The van der Waals surface area contributed by atoms with Gasteiger partial charge in [0, 0.05) is 12.1 Å². The van der Waals surface area contributed by atoms with Gasteiger partial charge in [0.25, 0.3) is 0 Å². The first-order chi connectivity index (χ1) is 9.28. The summed E-state index contributed by atoms with van der Waals surface area (Å²) in [6, 6.07) is 10.3. The summed E-state index contributed by atoms with van der Waals surface area (Å²) in [5.41, 5.74) is 10.2. The normalized spacial score (nSPS) is 10.8. The Morgan fingerprint density at radius 3 is 2.95 bits per heavy atom. The highest BCUT2D eigenvalue weighted by atomic mass is 32.1. The molecule has 3 N–H and O–H groups in total. The van der Waals surface area contributed by atoms with Crippen LogP contribution in [0.1, 0.15) is 11.1 Å². The molecule has 3 nitrogen and oxygen atoms in total. The van der Waals surface area contributed by atoms with Crippen molar-refractivity contribution in [2.24, 2.45) is 5.73 Å². The van der Waals surface area contributed by atoms with Crippen molar-refractivity contribution in [3.63, 3.8) is 0 Å². The van der Waals surface area contributed by atoms with Crippen LogP contribution in [-0.4, -0.2) is 9.97 Å². The maximum Gasteiger partial charge on any atom is 0.137 e. The lowest BCUT2D eigenvalue weighted by Gasteiger charge is -2.00. The number of aromatic amines is 1. The van der Waals surface area contributed by atoms with E-state index in [2.05, 4.69) is 34.4 Å². The highest BCUT2D eigenvalue weighted by Gasteiger charge is 2.08. The number of H-pyrrole nitrogens is 1. The number of benzene rings is 1. The van der Waals surface area contributed by atoms with Gasteiger partial charge in [-0.2, -0.15) is 0 Å². The van der Waals surface area contributed by atoms with Crippen LogP contribution in [0.15, 0.2) is 41.9 Å². The molecule has 3 rings (SSSR count). The van der Waals surface area contributed by atoms with E-state index in [0.29, 0.717) is 6.54 Å². The van der Waals surface area contributed by atoms with Crippen LogP contribution in [0, 0.1) is 6.92 Å². The third-order valence-corrected chi connectivity index (χ3v) is 4.17. The lowest BCUT2D eigenvalue weighted by Crippen LogP contribution is -1.96. The number of hydrogen-bond donors (Lipinski definition) is 2. The predicted molar refractivity (Wildman–Crippen MR) is 80.0 cm³/mol. The second-order valence-corrected chi connectivity index (χ2v) is 5.40. The van der Waals surface area contributed by atoms with Gasteiger partial charge in [0.1, 0.15) is 5.82 Å². The molecule has 3 aromatic rings. The van der Waals surface area contributed by atoms with Gasteiger partial charge in [-0.15, -0.1) is 11.3 Å². The molecule has 0 saturated heterocycles. The number of thiophene rings is 1. The largest absolute Gasteiger partial charge is 0.337 e. The lowest BCUT2D eigenvalue weighted by atomic mass is 10.1. The zero-order valence-electron chi connectivity index (χ0n) is 10.7. The molecule has 4 heteroatoms. The van der Waals surface area contributed by atoms with E-state index in [1.54, 1.807) is 11.3 Å². The fourth-order valence-electron chi connectivity index (χ4n) is 2.08. The number of aryl methyl sites for hydroxylation is 1. The molecule has 0 spiro atoms. The Hall–Kier alpha value is -1.91. The van der Waals surface area contributed by atoms with Crippen molar-refractivity contribution in [1.29, 1.82) is 0 Å². The standard InChI is InChI=1S/C15H15N3S/c1-10-5-6-19-14(10)13-9-17-15(18-13)12-4-2-3-11(7-12)8-16/h2-7,9H,8,16H2,1H3,(H,17,18). The number of nitrogens with two attached hydrogens (primary N) is 1. The number of nitrogens with zero attached hydrogens (tertiary/aromatic N) is 1. The van der Waals surface area contributed by atoms with Crippen LogP contribution in [0.25, 0.3) is 22.0 Å². The van der Waals surface area contributed by atoms with Crippen LogP contribution in [0.5, 0.6) is 0 Å². The topological polar surface area (TPSA) is 54.7 Å². The molecule has 96 valence electrons. The van der Waals surface area contributed by atoms with Gasteiger partial charge in [-0.1, -0.05) is 18.2 Å². The van der Waals surface area contributed by atoms with Crippen LogP contribution in [0.4, 0.5) is 0 Å². The number of aromatic nitrogens is 2. The lowest BCUT2D eigenvalue weighted by molar-refractivity contribution is 1.07. The molecule has 0 fully saturated rings. The fourth-order valence-corrected chi connectivity index (χ4v) is 2.97. The number of imidazole rings is 1. The van der Waals surface area contributed by atoms with Gasteiger partial charge >= 0.3 is 0 Å². The van der Waals surface area contributed by atoms with Crippen molar-refractivity contribution in [3.8, 4) is 22.0 Å². The van der Waals surface area contributed by atoms with Crippen LogP contribution >= 0.6 is 11.3 Å². The van der Waals surface area contributed by atoms with Gasteiger partial charge in [0.2, 0.25) is 0 Å². The fraction of sp³-hybridized carbons (Fsp3) is 0.133. The van der Waals surface area contributed by atoms with Gasteiger partial charge in [-0.3, -0.25) is 0 Å². The SMILES string of the molecule is Cc1ccsc1-c1cnc(-c2cccc(CN)c2)[nH]1. The summed E-state index contributed by atoms with van der Waals surface area (Å²) < 4.78 is 0. The Labute approximate surface area is 116 Å². The second kappa shape index (κ2) is 4.99. The molecule has 0 aliphatic heterocycles.